The number of benzene rings is 6. The van der Waals surface area contributed by atoms with Gasteiger partial charge in [0.2, 0.25) is 6.71 Å². The largest absolute Gasteiger partial charge is 0.455 e. The molecule has 288 valence electrons. The van der Waals surface area contributed by atoms with Gasteiger partial charge in [-0.1, -0.05) is 145 Å². The Bertz CT molecular complexity index is 3290. The maximum absolute atomic E-state index is 10.9. The predicted molar refractivity (Wildman–Crippen MR) is 252 cm³/mol. The van der Waals surface area contributed by atoms with Crippen LogP contribution in [0.25, 0.3) is 39.2 Å². The molecule has 3 nitrogen and oxygen atoms in total. The molecule has 4 aliphatic carbocycles. The molecule has 6 aliphatic rings. The van der Waals surface area contributed by atoms with E-state index in [0.29, 0.717) is 6.42 Å². The molecule has 4 heteroatoms. The third kappa shape index (κ3) is 4.81. The molecule has 1 aromatic heterocycles. The van der Waals surface area contributed by atoms with Crippen LogP contribution in [0.4, 0.5) is 11.4 Å². The Kier molecular flexibility index (Phi) is 7.38. The van der Waals surface area contributed by atoms with Crippen LogP contribution < -0.4 is 10.4 Å². The van der Waals surface area contributed by atoms with Crippen molar-refractivity contribution in [3.63, 3.8) is 0 Å². The zero-order chi connectivity index (χ0) is 40.5. The van der Waals surface area contributed by atoms with Crippen LogP contribution in [0, 0.1) is 31.1 Å². The van der Waals surface area contributed by atoms with Crippen molar-refractivity contribution < 1.29 is 4.42 Å². The summed E-state index contributed by atoms with van der Waals surface area (Å²) >= 11 is 0. The first-order valence-electron chi connectivity index (χ1n) is 21.8. The Morgan fingerprint density at radius 3 is 2.39 bits per heavy atom. The van der Waals surface area contributed by atoms with Crippen molar-refractivity contribution in [2.24, 2.45) is 5.92 Å². The van der Waals surface area contributed by atoms with Gasteiger partial charge in [0, 0.05) is 51.5 Å². The summed E-state index contributed by atoms with van der Waals surface area (Å²) in [5.74, 6) is 0.500. The molecule has 13 rings (SSSR count). The van der Waals surface area contributed by atoms with Crippen LogP contribution in [0.5, 0.6) is 0 Å². The third-order valence-electron chi connectivity index (χ3n) is 14.7. The van der Waals surface area contributed by atoms with Crippen LogP contribution in [0.3, 0.4) is 0 Å². The summed E-state index contributed by atoms with van der Waals surface area (Å²) in [6.45, 7) is 4.62. The predicted octanol–water partition coefficient (Wildman–Crippen LogP) is 13.0. The SMILES string of the molecule is Cc1cccc(C)c1N1c2cc3c(cc2B2C4=C(C=C(C#N)CC41)c1cc4c(oc5ccccc54)c4c1C2CC=C4)C(c1ccccc1)=C1C=CC=CC1C3c1ccccc1. The lowest BCUT2D eigenvalue weighted by Gasteiger charge is -2.51. The molecule has 0 N–H and O–H groups in total. The summed E-state index contributed by atoms with van der Waals surface area (Å²) in [5.41, 5.74) is 23.5. The molecule has 7 aromatic rings. The van der Waals surface area contributed by atoms with E-state index < -0.39 is 0 Å². The van der Waals surface area contributed by atoms with Crippen molar-refractivity contribution in [1.29, 1.82) is 5.26 Å². The van der Waals surface area contributed by atoms with Crippen LogP contribution in [-0.4, -0.2) is 12.8 Å². The number of nitriles is 1. The second-order valence-electron chi connectivity index (χ2n) is 17.8. The van der Waals surface area contributed by atoms with Gasteiger partial charge in [0.1, 0.15) is 11.2 Å². The highest BCUT2D eigenvalue weighted by Crippen LogP contribution is 2.57. The molecule has 4 unspecified atom stereocenters. The lowest BCUT2D eigenvalue weighted by molar-refractivity contribution is 0.648. The van der Waals surface area contributed by atoms with Gasteiger partial charge in [-0.05, 0) is 117 Å². The molecule has 6 aromatic carbocycles. The number of nitrogens with zero attached hydrogens (tertiary/aromatic N) is 2. The molecule has 0 spiro atoms. The van der Waals surface area contributed by atoms with Crippen molar-refractivity contribution in [1.82, 2.24) is 0 Å². The average Bonchev–Trinajstić information content (AvgIpc) is 3.68. The molecular weight excluding hydrogens is 739 g/mol. The number of para-hydroxylation sites is 2. The van der Waals surface area contributed by atoms with Crippen LogP contribution in [0.2, 0.25) is 0 Å². The van der Waals surface area contributed by atoms with E-state index in [1.807, 2.05) is 0 Å². The molecule has 0 bridgehead atoms. The molecule has 0 fully saturated rings. The minimum Gasteiger partial charge on any atom is -0.455 e. The topological polar surface area (TPSA) is 40.2 Å². The zero-order valence-corrected chi connectivity index (χ0v) is 34.2. The van der Waals surface area contributed by atoms with E-state index in [1.165, 1.54) is 89.1 Å². The van der Waals surface area contributed by atoms with Crippen LogP contribution >= 0.6 is 0 Å². The first-order valence-corrected chi connectivity index (χ1v) is 21.8. The Morgan fingerprint density at radius 2 is 1.57 bits per heavy atom. The van der Waals surface area contributed by atoms with Gasteiger partial charge in [0.15, 0.2) is 0 Å². The molecule has 2 aliphatic heterocycles. The molecule has 0 radical (unpaired) electrons. The Balaban J connectivity index is 1.18. The van der Waals surface area contributed by atoms with Crippen molar-refractivity contribution in [3.05, 3.63) is 224 Å². The Hall–Kier alpha value is -7.09. The van der Waals surface area contributed by atoms with E-state index >= 15 is 0 Å². The van der Waals surface area contributed by atoms with Gasteiger partial charge < -0.3 is 9.32 Å². The standard InChI is InChI=1S/C57H41BN2O/c1-33-15-13-16-34(2)56(33)60-49-31-44-43(52(36-17-5-3-6-18-36)39-22-9-10-23-40(39)53(44)37-19-7-4-8-20-37)30-48(49)58-47-25-14-24-41-54(47)42(45-27-35(32-59)28-50(60)55(45)58)29-46-38-21-11-12-26-51(38)61-57(41)46/h3-24,26-27,29-31,40,47,50,53H,25,28H2,1-2H3. The fraction of sp³-hybridized carbons (Fsp3) is 0.140. The zero-order valence-electron chi connectivity index (χ0n) is 34.2. The summed E-state index contributed by atoms with van der Waals surface area (Å²) in [6.07, 6.45) is 17.8. The molecule has 0 saturated carbocycles. The highest BCUT2D eigenvalue weighted by atomic mass is 16.3. The van der Waals surface area contributed by atoms with Gasteiger partial charge >= 0.3 is 0 Å². The van der Waals surface area contributed by atoms with Crippen LogP contribution in [-0.2, 0) is 0 Å². The highest BCUT2D eigenvalue weighted by molar-refractivity contribution is 6.85. The molecule has 0 saturated heterocycles. The summed E-state index contributed by atoms with van der Waals surface area (Å²) in [5, 5.41) is 13.2. The van der Waals surface area contributed by atoms with Gasteiger partial charge in [-0.15, -0.1) is 0 Å². The van der Waals surface area contributed by atoms with Crippen molar-refractivity contribution in [3.8, 4) is 6.07 Å². The quantitative estimate of drug-likeness (QED) is 0.168. The minimum atomic E-state index is -0.0275. The number of hydrogen-bond donors (Lipinski definition) is 0. The smallest absolute Gasteiger partial charge is 0.218 e. The molecule has 61 heavy (non-hydrogen) atoms. The fourth-order valence-electron chi connectivity index (χ4n) is 12.4. The number of allylic oxidation sites excluding steroid dienone is 8. The van der Waals surface area contributed by atoms with Gasteiger partial charge in [0.25, 0.3) is 0 Å². The Morgan fingerprint density at radius 1 is 0.787 bits per heavy atom. The van der Waals surface area contributed by atoms with Gasteiger partial charge in [0.05, 0.1) is 12.1 Å². The first-order chi connectivity index (χ1) is 30.1. The van der Waals surface area contributed by atoms with Gasteiger partial charge in [-0.2, -0.15) is 5.26 Å². The number of fused-ring (bicyclic) bond motifs is 10. The molecule has 0 amide bonds. The summed E-state index contributed by atoms with van der Waals surface area (Å²) in [7, 11) is 0. The van der Waals surface area contributed by atoms with Crippen LogP contribution in [0.1, 0.15) is 74.6 Å². The van der Waals surface area contributed by atoms with Crippen molar-refractivity contribution in [2.45, 2.75) is 44.5 Å². The first kappa shape index (κ1) is 34.7. The second-order valence-corrected chi connectivity index (χ2v) is 17.8. The number of rotatable bonds is 3. The molecular formula is C57H41BN2O. The normalized spacial score (nSPS) is 21.5. The highest BCUT2D eigenvalue weighted by Gasteiger charge is 2.52. The Labute approximate surface area is 356 Å². The third-order valence-corrected chi connectivity index (χ3v) is 14.7. The lowest BCUT2D eigenvalue weighted by Crippen LogP contribution is -2.57. The van der Waals surface area contributed by atoms with E-state index in [9.17, 15) is 5.26 Å². The van der Waals surface area contributed by atoms with E-state index in [2.05, 4.69) is 189 Å². The van der Waals surface area contributed by atoms with E-state index in [1.54, 1.807) is 0 Å². The number of furan rings is 1. The molecule has 4 atom stereocenters. The van der Waals surface area contributed by atoms with Crippen LogP contribution in [0.15, 0.2) is 179 Å². The summed E-state index contributed by atoms with van der Waals surface area (Å²) in [6, 6.07) is 47.6. The number of hydrogen-bond acceptors (Lipinski definition) is 3. The summed E-state index contributed by atoms with van der Waals surface area (Å²) in [4.78, 5) is 2.67. The number of aryl methyl sites for hydroxylation is 2. The monoisotopic (exact) mass is 780 g/mol. The van der Waals surface area contributed by atoms with E-state index in [0.717, 1.165) is 33.9 Å². The fourth-order valence-corrected chi connectivity index (χ4v) is 12.4. The van der Waals surface area contributed by atoms with Gasteiger partial charge in [-0.3, -0.25) is 0 Å². The minimum absolute atomic E-state index is 0.0275. The molecule has 3 heterocycles. The second kappa shape index (κ2) is 13.0. The summed E-state index contributed by atoms with van der Waals surface area (Å²) < 4.78 is 6.76. The van der Waals surface area contributed by atoms with Crippen molar-refractivity contribution >= 4 is 62.7 Å². The average molecular weight is 781 g/mol. The maximum atomic E-state index is 10.9. The van der Waals surface area contributed by atoms with E-state index in [4.69, 9.17) is 4.42 Å². The van der Waals surface area contributed by atoms with E-state index in [-0.39, 0.29) is 30.4 Å². The maximum Gasteiger partial charge on any atom is 0.218 e. The van der Waals surface area contributed by atoms with Crippen molar-refractivity contribution in [2.75, 3.05) is 4.90 Å². The van der Waals surface area contributed by atoms with Gasteiger partial charge in [-0.25, -0.2) is 0 Å². The number of anilines is 2. The lowest BCUT2D eigenvalue weighted by atomic mass is 9.25.